The van der Waals surface area contributed by atoms with Crippen LogP contribution in [-0.4, -0.2) is 29.2 Å². The van der Waals surface area contributed by atoms with Crippen LogP contribution >= 0.6 is 0 Å². The van der Waals surface area contributed by atoms with E-state index in [-0.39, 0.29) is 11.9 Å². The molecule has 1 fully saturated rings. The van der Waals surface area contributed by atoms with Gasteiger partial charge in [0, 0.05) is 6.54 Å². The van der Waals surface area contributed by atoms with Crippen LogP contribution < -0.4 is 10.6 Å². The first kappa shape index (κ1) is 14.8. The minimum atomic E-state index is -1.12. The number of carboxylic acid groups (broad SMARTS) is 1. The quantitative estimate of drug-likeness (QED) is 0.609. The van der Waals surface area contributed by atoms with Crippen LogP contribution in [0.2, 0.25) is 0 Å². The fraction of sp³-hybridized carbons (Fsp3) is 0.846. The van der Waals surface area contributed by atoms with E-state index in [9.17, 15) is 14.7 Å². The third-order valence-corrected chi connectivity index (χ3v) is 3.46. The number of amides is 2. The van der Waals surface area contributed by atoms with Crippen molar-refractivity contribution < 1.29 is 14.7 Å². The van der Waals surface area contributed by atoms with Crippen LogP contribution in [0.3, 0.4) is 0 Å². The molecular weight excluding hydrogens is 232 g/mol. The maximum Gasteiger partial charge on any atom is 0.329 e. The molecule has 2 amide bonds. The third kappa shape index (κ3) is 4.20. The molecule has 1 aliphatic carbocycles. The number of rotatable bonds is 7. The molecule has 0 bridgehead atoms. The highest BCUT2D eigenvalue weighted by molar-refractivity contribution is 5.86. The van der Waals surface area contributed by atoms with Gasteiger partial charge in [0.05, 0.1) is 0 Å². The van der Waals surface area contributed by atoms with Crippen LogP contribution in [0.15, 0.2) is 0 Å². The number of hydrogen-bond donors (Lipinski definition) is 3. The van der Waals surface area contributed by atoms with E-state index in [4.69, 9.17) is 0 Å². The van der Waals surface area contributed by atoms with Gasteiger partial charge in [-0.3, -0.25) is 0 Å². The van der Waals surface area contributed by atoms with E-state index < -0.39 is 11.5 Å². The minimum Gasteiger partial charge on any atom is -0.480 e. The van der Waals surface area contributed by atoms with Gasteiger partial charge in [-0.15, -0.1) is 0 Å². The number of carbonyl (C=O) groups excluding carboxylic acids is 1. The van der Waals surface area contributed by atoms with Crippen molar-refractivity contribution in [3.8, 4) is 0 Å². The van der Waals surface area contributed by atoms with Crippen LogP contribution in [0.4, 0.5) is 4.79 Å². The van der Waals surface area contributed by atoms with E-state index in [0.717, 1.165) is 25.7 Å². The number of carboxylic acids is 1. The lowest BCUT2D eigenvalue weighted by Crippen LogP contribution is -2.56. The topological polar surface area (TPSA) is 78.4 Å². The molecule has 0 aromatic rings. The molecule has 104 valence electrons. The van der Waals surface area contributed by atoms with Crippen molar-refractivity contribution in [3.05, 3.63) is 0 Å². The van der Waals surface area contributed by atoms with Crippen molar-refractivity contribution >= 4 is 12.0 Å². The van der Waals surface area contributed by atoms with Gasteiger partial charge in [-0.25, -0.2) is 9.59 Å². The van der Waals surface area contributed by atoms with Crippen molar-refractivity contribution in [1.29, 1.82) is 0 Å². The molecule has 0 spiro atoms. The molecule has 18 heavy (non-hydrogen) atoms. The Bertz CT molecular complexity index is 313. The highest BCUT2D eigenvalue weighted by Gasteiger charge is 2.48. The molecule has 1 atom stereocenters. The number of hydrogen-bond acceptors (Lipinski definition) is 2. The summed E-state index contributed by atoms with van der Waals surface area (Å²) in [5.74, 6) is -0.274. The van der Waals surface area contributed by atoms with Gasteiger partial charge in [0.2, 0.25) is 0 Å². The van der Waals surface area contributed by atoms with Gasteiger partial charge in [-0.1, -0.05) is 13.8 Å². The first-order chi connectivity index (χ1) is 8.36. The summed E-state index contributed by atoms with van der Waals surface area (Å²) in [6.45, 7) is 6.44. The maximum absolute atomic E-state index is 11.7. The van der Waals surface area contributed by atoms with E-state index in [0.29, 0.717) is 12.5 Å². The summed E-state index contributed by atoms with van der Waals surface area (Å²) in [5.41, 5.74) is -1.12. The molecule has 5 heteroatoms. The smallest absolute Gasteiger partial charge is 0.329 e. The lowest BCUT2D eigenvalue weighted by Gasteiger charge is -2.26. The monoisotopic (exact) mass is 256 g/mol. The van der Waals surface area contributed by atoms with E-state index in [2.05, 4.69) is 24.5 Å². The number of carbonyl (C=O) groups is 2. The minimum absolute atomic E-state index is 0.0661. The molecule has 0 radical (unpaired) electrons. The van der Waals surface area contributed by atoms with E-state index in [1.807, 2.05) is 0 Å². The average Bonchev–Trinajstić information content (AvgIpc) is 3.07. The summed E-state index contributed by atoms with van der Waals surface area (Å²) in [5, 5.41) is 14.5. The van der Waals surface area contributed by atoms with E-state index in [1.165, 1.54) is 0 Å². The van der Waals surface area contributed by atoms with Gasteiger partial charge in [0.1, 0.15) is 5.54 Å². The highest BCUT2D eigenvalue weighted by atomic mass is 16.4. The molecule has 1 saturated carbocycles. The normalized spacial score (nSPS) is 18.2. The predicted molar refractivity (Wildman–Crippen MR) is 69.4 cm³/mol. The Hall–Kier alpha value is -1.26. The molecule has 0 aromatic heterocycles. The average molecular weight is 256 g/mol. The fourth-order valence-corrected chi connectivity index (χ4v) is 1.98. The Morgan fingerprint density at radius 3 is 2.44 bits per heavy atom. The third-order valence-electron chi connectivity index (χ3n) is 3.46. The number of nitrogens with one attached hydrogen (secondary N) is 2. The maximum atomic E-state index is 11.7. The summed E-state index contributed by atoms with van der Waals surface area (Å²) >= 11 is 0. The van der Waals surface area contributed by atoms with Crippen molar-refractivity contribution in [1.82, 2.24) is 10.6 Å². The second-order valence-corrected chi connectivity index (χ2v) is 5.70. The summed E-state index contributed by atoms with van der Waals surface area (Å²) < 4.78 is 0. The summed E-state index contributed by atoms with van der Waals surface area (Å²) in [6.07, 6.45) is 3.71. The van der Waals surface area contributed by atoms with Crippen LogP contribution in [-0.2, 0) is 4.79 Å². The lowest BCUT2D eigenvalue weighted by atomic mass is 9.96. The number of aliphatic carboxylic acids is 1. The summed E-state index contributed by atoms with van der Waals surface area (Å²) in [6, 6.07) is -0.379. The molecule has 1 rings (SSSR count). The Labute approximate surface area is 108 Å². The Morgan fingerprint density at radius 2 is 2.00 bits per heavy atom. The zero-order chi connectivity index (χ0) is 13.8. The van der Waals surface area contributed by atoms with Crippen LogP contribution in [0.1, 0.15) is 46.5 Å². The van der Waals surface area contributed by atoms with Gasteiger partial charge in [0.15, 0.2) is 0 Å². The van der Waals surface area contributed by atoms with Gasteiger partial charge in [-0.2, -0.15) is 0 Å². The Morgan fingerprint density at radius 1 is 1.39 bits per heavy atom. The Balaban J connectivity index is 2.31. The van der Waals surface area contributed by atoms with Crippen molar-refractivity contribution in [2.45, 2.75) is 52.0 Å². The van der Waals surface area contributed by atoms with E-state index in [1.54, 1.807) is 6.92 Å². The van der Waals surface area contributed by atoms with Crippen molar-refractivity contribution in [3.63, 3.8) is 0 Å². The highest BCUT2D eigenvalue weighted by Crippen LogP contribution is 2.39. The van der Waals surface area contributed by atoms with Crippen LogP contribution in [0.25, 0.3) is 0 Å². The SMILES string of the molecule is CC(C)CCCNC(=O)NC(C)(C(=O)O)C1CC1. The van der Waals surface area contributed by atoms with Gasteiger partial charge < -0.3 is 15.7 Å². The zero-order valence-electron chi connectivity index (χ0n) is 11.5. The summed E-state index contributed by atoms with van der Waals surface area (Å²) in [7, 11) is 0. The molecule has 0 aromatic carbocycles. The molecule has 0 saturated heterocycles. The van der Waals surface area contributed by atoms with Crippen molar-refractivity contribution in [2.75, 3.05) is 6.54 Å². The standard InChI is InChI=1S/C13H24N2O3/c1-9(2)5-4-8-14-12(18)15-13(3,11(16)17)10-6-7-10/h9-10H,4-8H2,1-3H3,(H,16,17)(H2,14,15,18). The molecule has 1 aliphatic rings. The van der Waals surface area contributed by atoms with Gasteiger partial charge in [-0.05, 0) is 44.4 Å². The van der Waals surface area contributed by atoms with Gasteiger partial charge in [0.25, 0.3) is 0 Å². The van der Waals surface area contributed by atoms with E-state index >= 15 is 0 Å². The second kappa shape index (κ2) is 6.07. The number of urea groups is 1. The molecule has 0 heterocycles. The fourth-order valence-electron chi connectivity index (χ4n) is 1.98. The molecule has 5 nitrogen and oxygen atoms in total. The molecule has 0 aliphatic heterocycles. The largest absolute Gasteiger partial charge is 0.480 e. The molecule has 1 unspecified atom stereocenters. The predicted octanol–water partition coefficient (Wildman–Crippen LogP) is 1.98. The lowest BCUT2D eigenvalue weighted by molar-refractivity contribution is -0.144. The summed E-state index contributed by atoms with van der Waals surface area (Å²) in [4.78, 5) is 22.9. The van der Waals surface area contributed by atoms with Gasteiger partial charge >= 0.3 is 12.0 Å². The van der Waals surface area contributed by atoms with Crippen molar-refractivity contribution in [2.24, 2.45) is 11.8 Å². The first-order valence-corrected chi connectivity index (χ1v) is 6.65. The first-order valence-electron chi connectivity index (χ1n) is 6.65. The molecule has 3 N–H and O–H groups in total. The van der Waals surface area contributed by atoms with Crippen LogP contribution in [0.5, 0.6) is 0 Å². The zero-order valence-corrected chi connectivity index (χ0v) is 11.5. The van der Waals surface area contributed by atoms with Crippen LogP contribution in [0, 0.1) is 11.8 Å². The Kier molecular flexibility index (Phi) is 4.99. The molecular formula is C13H24N2O3. The second-order valence-electron chi connectivity index (χ2n) is 5.70.